The third kappa shape index (κ3) is 5.09. The molecule has 3 aromatic carbocycles. The number of thioether (sulfide) groups is 1. The fraction of sp³-hybridized carbons (Fsp3) is 0.167. The minimum Gasteiger partial charge on any atom is -0.487 e. The quantitative estimate of drug-likeness (QED) is 0.211. The van der Waals surface area contributed by atoms with E-state index < -0.39 is 0 Å². The Morgan fingerprint density at radius 3 is 2.42 bits per heavy atom. The summed E-state index contributed by atoms with van der Waals surface area (Å²) in [6.07, 6.45) is 2.54. The number of imide groups is 1. The predicted octanol–water partition coefficient (Wildman–Crippen LogP) is 7.07. The van der Waals surface area contributed by atoms with E-state index in [0.717, 1.165) is 42.2 Å². The van der Waals surface area contributed by atoms with E-state index in [1.54, 1.807) is 6.08 Å². The second-order valence-corrected chi connectivity index (χ2v) is 10.4. The van der Waals surface area contributed by atoms with Gasteiger partial charge in [-0.05, 0) is 110 Å². The van der Waals surface area contributed by atoms with Crippen LogP contribution in [0.5, 0.6) is 5.75 Å². The zero-order valence-corrected chi connectivity index (χ0v) is 21.9. The number of benzene rings is 3. The molecule has 0 atom stereocenters. The van der Waals surface area contributed by atoms with Crippen LogP contribution in [0.2, 0.25) is 0 Å². The first-order chi connectivity index (χ1) is 15.0. The summed E-state index contributed by atoms with van der Waals surface area (Å²) in [6, 6.07) is 18.6. The van der Waals surface area contributed by atoms with Crippen molar-refractivity contribution >= 4 is 84.9 Å². The van der Waals surface area contributed by atoms with Gasteiger partial charge in [-0.25, -0.2) is 0 Å². The molecule has 3 aromatic rings. The summed E-state index contributed by atoms with van der Waals surface area (Å²) >= 11 is 5.51. The zero-order valence-electron chi connectivity index (χ0n) is 16.7. The summed E-state index contributed by atoms with van der Waals surface area (Å²) < 4.78 is 8.07. The molecule has 0 aromatic heterocycles. The number of ether oxygens (including phenoxy) is 1. The van der Waals surface area contributed by atoms with E-state index in [0.29, 0.717) is 18.1 Å². The molecule has 0 radical (unpaired) electrons. The lowest BCUT2D eigenvalue weighted by Crippen LogP contribution is -2.28. The molecule has 1 saturated heterocycles. The number of rotatable bonds is 6. The summed E-state index contributed by atoms with van der Waals surface area (Å²) in [5.74, 6) is 0.615. The lowest BCUT2D eigenvalue weighted by atomic mass is 10.1. The molecule has 4 nitrogen and oxygen atoms in total. The number of carbonyl (C=O) groups is 2. The number of hydrogen-bond donors (Lipinski definition) is 0. The van der Waals surface area contributed by atoms with E-state index >= 15 is 0 Å². The average Bonchev–Trinajstić information content (AvgIpc) is 3.00. The monoisotopic (exact) mass is 655 g/mol. The average molecular weight is 655 g/mol. The molecule has 4 rings (SSSR count). The van der Waals surface area contributed by atoms with Crippen molar-refractivity contribution < 1.29 is 14.3 Å². The summed E-state index contributed by atoms with van der Waals surface area (Å²) in [4.78, 5) is 26.3. The van der Waals surface area contributed by atoms with Crippen LogP contribution in [0.25, 0.3) is 16.8 Å². The number of amides is 2. The number of halogens is 2. The Morgan fingerprint density at radius 1 is 1.00 bits per heavy atom. The molecule has 0 bridgehead atoms. The molecule has 1 heterocycles. The third-order valence-electron chi connectivity index (χ3n) is 4.84. The van der Waals surface area contributed by atoms with E-state index in [4.69, 9.17) is 4.74 Å². The highest BCUT2D eigenvalue weighted by atomic mass is 127. The topological polar surface area (TPSA) is 46.6 Å². The molecule has 0 unspecified atom stereocenters. The van der Waals surface area contributed by atoms with Crippen LogP contribution >= 0.6 is 56.9 Å². The second-order valence-electron chi connectivity index (χ2n) is 7.12. The first kappa shape index (κ1) is 22.6. The highest BCUT2D eigenvalue weighted by Crippen LogP contribution is 2.35. The molecule has 1 aliphatic heterocycles. The Balaban J connectivity index is 1.52. The molecular weight excluding hydrogens is 636 g/mol. The maximum atomic E-state index is 12.5. The highest BCUT2D eigenvalue weighted by Gasteiger charge is 2.34. The van der Waals surface area contributed by atoms with E-state index in [9.17, 15) is 9.59 Å². The molecule has 1 fully saturated rings. The lowest BCUT2D eigenvalue weighted by Gasteiger charge is -2.12. The zero-order chi connectivity index (χ0) is 22.0. The SMILES string of the molecule is CCCN1C(=O)S/C(=C/c2cc(I)c(OCc3ccc4ccccc4c3)c(I)c2)C1=O. The van der Waals surface area contributed by atoms with Crippen LogP contribution in [0.15, 0.2) is 59.5 Å². The van der Waals surface area contributed by atoms with Gasteiger partial charge in [0.05, 0.1) is 12.0 Å². The van der Waals surface area contributed by atoms with Crippen molar-refractivity contribution in [2.75, 3.05) is 6.54 Å². The van der Waals surface area contributed by atoms with Gasteiger partial charge in [0.2, 0.25) is 0 Å². The van der Waals surface area contributed by atoms with Crippen LogP contribution in [0.4, 0.5) is 4.79 Å². The molecule has 0 spiro atoms. The molecule has 0 saturated carbocycles. The van der Waals surface area contributed by atoms with Gasteiger partial charge in [-0.3, -0.25) is 14.5 Å². The van der Waals surface area contributed by atoms with Crippen LogP contribution in [-0.2, 0) is 11.4 Å². The standard InChI is InChI=1S/C24H19I2NO3S/c1-2-9-27-23(28)21(31-24(27)29)13-16-11-19(25)22(20(26)12-16)30-14-15-7-8-17-5-3-4-6-18(17)10-15/h3-8,10-13H,2,9,14H2,1H3/b21-13+. The van der Waals surface area contributed by atoms with Crippen LogP contribution in [-0.4, -0.2) is 22.6 Å². The van der Waals surface area contributed by atoms with Gasteiger partial charge in [0.15, 0.2) is 0 Å². The minimum atomic E-state index is -0.210. The number of fused-ring (bicyclic) bond motifs is 1. The van der Waals surface area contributed by atoms with Gasteiger partial charge in [-0.15, -0.1) is 0 Å². The summed E-state index contributed by atoms with van der Waals surface area (Å²) in [5, 5.41) is 2.21. The summed E-state index contributed by atoms with van der Waals surface area (Å²) in [6.45, 7) is 2.89. The molecule has 1 aliphatic rings. The third-order valence-corrected chi connectivity index (χ3v) is 7.35. The van der Waals surface area contributed by atoms with Gasteiger partial charge >= 0.3 is 0 Å². The van der Waals surface area contributed by atoms with Crippen molar-refractivity contribution in [2.45, 2.75) is 20.0 Å². The molecule has 0 N–H and O–H groups in total. The lowest BCUT2D eigenvalue weighted by molar-refractivity contribution is -0.122. The Morgan fingerprint density at radius 2 is 1.71 bits per heavy atom. The maximum absolute atomic E-state index is 12.5. The Kier molecular flexibility index (Phi) is 7.22. The first-order valence-corrected chi connectivity index (χ1v) is 12.8. The summed E-state index contributed by atoms with van der Waals surface area (Å²) in [5.41, 5.74) is 1.99. The fourth-order valence-electron chi connectivity index (χ4n) is 3.35. The van der Waals surface area contributed by atoms with Crippen LogP contribution in [0.3, 0.4) is 0 Å². The first-order valence-electron chi connectivity index (χ1n) is 9.81. The van der Waals surface area contributed by atoms with Crippen molar-refractivity contribution in [1.29, 1.82) is 0 Å². The van der Waals surface area contributed by atoms with Crippen LogP contribution in [0.1, 0.15) is 24.5 Å². The summed E-state index contributed by atoms with van der Waals surface area (Å²) in [7, 11) is 0. The van der Waals surface area contributed by atoms with E-state index in [2.05, 4.69) is 75.5 Å². The minimum absolute atomic E-state index is 0.196. The van der Waals surface area contributed by atoms with Gasteiger partial charge < -0.3 is 4.74 Å². The highest BCUT2D eigenvalue weighted by molar-refractivity contribution is 14.1. The number of nitrogens with zero attached hydrogens (tertiary/aromatic N) is 1. The van der Waals surface area contributed by atoms with Crippen molar-refractivity contribution in [3.8, 4) is 5.75 Å². The number of carbonyl (C=O) groups excluding carboxylic acids is 2. The Bertz CT molecular complexity index is 1190. The maximum Gasteiger partial charge on any atom is 0.293 e. The molecule has 2 amide bonds. The van der Waals surface area contributed by atoms with Gasteiger partial charge in [0.1, 0.15) is 12.4 Å². The fourth-order valence-corrected chi connectivity index (χ4v) is 6.35. The molecule has 7 heteroatoms. The van der Waals surface area contributed by atoms with E-state index in [1.807, 2.05) is 31.2 Å². The molecule has 31 heavy (non-hydrogen) atoms. The predicted molar refractivity (Wildman–Crippen MR) is 143 cm³/mol. The van der Waals surface area contributed by atoms with Crippen LogP contribution in [0, 0.1) is 7.14 Å². The molecule has 0 aliphatic carbocycles. The molecular formula is C24H19I2NO3S. The van der Waals surface area contributed by atoms with Crippen molar-refractivity contribution in [3.05, 3.63) is 77.8 Å². The van der Waals surface area contributed by atoms with Crippen molar-refractivity contribution in [2.24, 2.45) is 0 Å². The Labute approximate surface area is 212 Å². The van der Waals surface area contributed by atoms with Gasteiger partial charge in [-0.2, -0.15) is 0 Å². The van der Waals surface area contributed by atoms with E-state index in [-0.39, 0.29) is 11.1 Å². The van der Waals surface area contributed by atoms with Gasteiger partial charge in [-0.1, -0.05) is 43.3 Å². The molecule has 158 valence electrons. The van der Waals surface area contributed by atoms with E-state index in [1.165, 1.54) is 15.7 Å². The Hall–Kier alpha value is -1.59. The van der Waals surface area contributed by atoms with Crippen LogP contribution < -0.4 is 4.74 Å². The smallest absolute Gasteiger partial charge is 0.293 e. The normalized spacial score (nSPS) is 15.3. The number of hydrogen-bond acceptors (Lipinski definition) is 4. The van der Waals surface area contributed by atoms with Gasteiger partial charge in [0, 0.05) is 6.54 Å². The van der Waals surface area contributed by atoms with Crippen molar-refractivity contribution in [3.63, 3.8) is 0 Å². The largest absolute Gasteiger partial charge is 0.487 e. The van der Waals surface area contributed by atoms with Crippen molar-refractivity contribution in [1.82, 2.24) is 4.90 Å². The van der Waals surface area contributed by atoms with Gasteiger partial charge in [0.25, 0.3) is 11.1 Å². The second kappa shape index (κ2) is 9.91.